The van der Waals surface area contributed by atoms with Gasteiger partial charge in [-0.1, -0.05) is 66.3 Å². The summed E-state index contributed by atoms with van der Waals surface area (Å²) in [6.07, 6.45) is 5.18. The highest BCUT2D eigenvalue weighted by molar-refractivity contribution is 7.89. The van der Waals surface area contributed by atoms with Crippen LogP contribution in [0.3, 0.4) is 0 Å². The molecule has 5 nitrogen and oxygen atoms in total. The van der Waals surface area contributed by atoms with Crippen LogP contribution in [0.1, 0.15) is 54.5 Å². The zero-order chi connectivity index (χ0) is 24.6. The van der Waals surface area contributed by atoms with Crippen LogP contribution in [0.2, 0.25) is 5.02 Å². The van der Waals surface area contributed by atoms with Crippen LogP contribution in [-0.4, -0.2) is 13.0 Å². The van der Waals surface area contributed by atoms with Gasteiger partial charge in [0.1, 0.15) is 0 Å². The molecule has 3 aromatic carbocycles. The molecule has 0 amide bonds. The summed E-state index contributed by atoms with van der Waals surface area (Å²) in [6.45, 7) is 2.32. The van der Waals surface area contributed by atoms with E-state index in [0.29, 0.717) is 28.2 Å². The smallest absolute Gasteiger partial charge is 0.294 e. The van der Waals surface area contributed by atoms with Crippen molar-refractivity contribution in [2.24, 2.45) is 0 Å². The lowest BCUT2D eigenvalue weighted by Crippen LogP contribution is -2.28. The molecule has 8 heteroatoms. The predicted octanol–water partition coefficient (Wildman–Crippen LogP) is 6.07. The molecule has 1 aliphatic carbocycles. The maximum Gasteiger partial charge on any atom is 0.308 e. The molecule has 0 fully saturated rings. The van der Waals surface area contributed by atoms with Crippen LogP contribution in [0.4, 0.5) is 0 Å². The Hall–Kier alpha value is -2.45. The standard InChI is InChI=1S/C27H27ClN2O3S2/c1-2-24(20-12-11-18-7-3-4-8-19(18)15-20)29-35(32,33)22-13-14-25-26(16-22)34-27(31)30(25)17-21-9-5-6-10-23(21)28/h5-6,9-16,24,29H,2-4,7-8,17H2,1H3/t24-/m0/s1. The fraction of sp³-hybridized carbons (Fsp3) is 0.296. The van der Waals surface area contributed by atoms with Crippen LogP contribution in [0.25, 0.3) is 10.2 Å². The minimum atomic E-state index is -3.78. The third kappa shape index (κ3) is 4.96. The third-order valence-electron chi connectivity index (χ3n) is 6.72. The molecule has 0 unspecified atom stereocenters. The molecule has 0 bridgehead atoms. The topological polar surface area (TPSA) is 68.2 Å². The van der Waals surface area contributed by atoms with Crippen molar-refractivity contribution in [1.82, 2.24) is 9.29 Å². The number of aromatic nitrogens is 1. The number of hydrogen-bond acceptors (Lipinski definition) is 4. The molecule has 0 spiro atoms. The molecule has 5 rings (SSSR count). The minimum Gasteiger partial charge on any atom is -0.294 e. The van der Waals surface area contributed by atoms with Crippen LogP contribution in [-0.2, 0) is 29.4 Å². The SMILES string of the molecule is CC[C@H](NS(=O)(=O)c1ccc2c(c1)sc(=O)n2Cc1ccccc1Cl)c1ccc2c(c1)CCCC2. The van der Waals surface area contributed by atoms with Crippen LogP contribution >= 0.6 is 22.9 Å². The van der Waals surface area contributed by atoms with E-state index >= 15 is 0 Å². The average Bonchev–Trinajstić information content (AvgIpc) is 3.17. The van der Waals surface area contributed by atoms with Gasteiger partial charge in [-0.2, -0.15) is 0 Å². The van der Waals surface area contributed by atoms with E-state index in [4.69, 9.17) is 11.6 Å². The lowest BCUT2D eigenvalue weighted by atomic mass is 9.89. The van der Waals surface area contributed by atoms with Gasteiger partial charge in [0.15, 0.2) is 0 Å². The van der Waals surface area contributed by atoms with E-state index in [0.717, 1.165) is 35.3 Å². The van der Waals surface area contributed by atoms with Crippen LogP contribution < -0.4 is 9.60 Å². The van der Waals surface area contributed by atoms with Crippen molar-refractivity contribution in [3.05, 3.63) is 97.6 Å². The van der Waals surface area contributed by atoms with Crippen molar-refractivity contribution in [1.29, 1.82) is 0 Å². The van der Waals surface area contributed by atoms with Gasteiger partial charge < -0.3 is 0 Å². The fourth-order valence-electron chi connectivity index (χ4n) is 4.77. The number of thiazole rings is 1. The van der Waals surface area contributed by atoms with Gasteiger partial charge in [-0.15, -0.1) is 0 Å². The first-order valence-electron chi connectivity index (χ1n) is 11.9. The van der Waals surface area contributed by atoms with Gasteiger partial charge in [-0.25, -0.2) is 13.1 Å². The number of sulfonamides is 1. The lowest BCUT2D eigenvalue weighted by Gasteiger charge is -2.21. The van der Waals surface area contributed by atoms with Gasteiger partial charge >= 0.3 is 4.87 Å². The Labute approximate surface area is 214 Å². The van der Waals surface area contributed by atoms with E-state index in [-0.39, 0.29) is 15.8 Å². The second kappa shape index (κ2) is 9.90. The van der Waals surface area contributed by atoms with Crippen LogP contribution in [0, 0.1) is 0 Å². The largest absolute Gasteiger partial charge is 0.308 e. The Balaban J connectivity index is 1.43. The van der Waals surface area contributed by atoms with Gasteiger partial charge in [-0.3, -0.25) is 9.36 Å². The van der Waals surface area contributed by atoms with Crippen LogP contribution in [0.15, 0.2) is 70.4 Å². The van der Waals surface area contributed by atoms with Gasteiger partial charge in [-0.05, 0) is 78.6 Å². The number of benzene rings is 3. The molecule has 0 radical (unpaired) electrons. The molecule has 1 aliphatic rings. The van der Waals surface area contributed by atoms with Crippen molar-refractivity contribution in [2.75, 3.05) is 0 Å². The third-order valence-corrected chi connectivity index (χ3v) is 9.50. The lowest BCUT2D eigenvalue weighted by molar-refractivity contribution is 0.549. The first-order chi connectivity index (χ1) is 16.9. The van der Waals surface area contributed by atoms with Gasteiger partial charge in [0, 0.05) is 11.1 Å². The Bertz CT molecular complexity index is 1560. The highest BCUT2D eigenvalue weighted by Gasteiger charge is 2.23. The molecule has 35 heavy (non-hydrogen) atoms. The number of nitrogens with zero attached hydrogens (tertiary/aromatic N) is 1. The number of fused-ring (bicyclic) bond motifs is 2. The number of aryl methyl sites for hydroxylation is 2. The van der Waals surface area contributed by atoms with Crippen molar-refractivity contribution in [2.45, 2.75) is 56.5 Å². The molecule has 1 atom stereocenters. The minimum absolute atomic E-state index is 0.150. The van der Waals surface area contributed by atoms with E-state index in [1.165, 1.54) is 24.0 Å². The summed E-state index contributed by atoms with van der Waals surface area (Å²) < 4.78 is 31.8. The number of halogens is 1. The molecule has 0 saturated heterocycles. The molecular formula is C27H27ClN2O3S2. The summed E-state index contributed by atoms with van der Waals surface area (Å²) in [5, 5.41) is 0.593. The van der Waals surface area contributed by atoms with E-state index in [1.54, 1.807) is 28.8 Å². The maximum absolute atomic E-state index is 13.3. The van der Waals surface area contributed by atoms with Crippen molar-refractivity contribution in [3.63, 3.8) is 0 Å². The molecule has 1 heterocycles. The molecule has 182 valence electrons. The Morgan fingerprint density at radius 1 is 1.03 bits per heavy atom. The Morgan fingerprint density at radius 3 is 2.57 bits per heavy atom. The molecule has 4 aromatic rings. The van der Waals surface area contributed by atoms with Gasteiger partial charge in [0.2, 0.25) is 10.0 Å². The number of nitrogens with one attached hydrogen (secondary N) is 1. The highest BCUT2D eigenvalue weighted by atomic mass is 35.5. The molecular weight excluding hydrogens is 500 g/mol. The Morgan fingerprint density at radius 2 is 1.80 bits per heavy atom. The fourth-order valence-corrected chi connectivity index (χ4v) is 7.31. The van der Waals surface area contributed by atoms with E-state index in [2.05, 4.69) is 16.9 Å². The molecule has 0 aliphatic heterocycles. The molecule has 0 saturated carbocycles. The summed E-state index contributed by atoms with van der Waals surface area (Å²) in [4.78, 5) is 12.7. The summed E-state index contributed by atoms with van der Waals surface area (Å²) >= 11 is 7.32. The zero-order valence-electron chi connectivity index (χ0n) is 19.5. The molecule has 1 aromatic heterocycles. The normalized spacial score (nSPS) is 14.7. The number of hydrogen-bond donors (Lipinski definition) is 1. The quantitative estimate of drug-likeness (QED) is 0.317. The Kier molecular flexibility index (Phi) is 6.86. The van der Waals surface area contributed by atoms with E-state index in [9.17, 15) is 13.2 Å². The monoisotopic (exact) mass is 526 g/mol. The average molecular weight is 527 g/mol. The van der Waals surface area contributed by atoms with E-state index < -0.39 is 10.0 Å². The van der Waals surface area contributed by atoms with Crippen molar-refractivity contribution < 1.29 is 8.42 Å². The van der Waals surface area contributed by atoms with Crippen molar-refractivity contribution in [3.8, 4) is 0 Å². The second-order valence-corrected chi connectivity index (χ2v) is 12.1. The maximum atomic E-state index is 13.3. The van der Waals surface area contributed by atoms with E-state index in [1.807, 2.05) is 31.2 Å². The van der Waals surface area contributed by atoms with Gasteiger partial charge in [0.25, 0.3) is 0 Å². The van der Waals surface area contributed by atoms with Crippen LogP contribution in [0.5, 0.6) is 0 Å². The predicted molar refractivity (Wildman–Crippen MR) is 143 cm³/mol. The highest BCUT2D eigenvalue weighted by Crippen LogP contribution is 2.29. The first kappa shape index (κ1) is 24.3. The van der Waals surface area contributed by atoms with Gasteiger partial charge in [0.05, 0.1) is 21.7 Å². The van der Waals surface area contributed by atoms with Crippen molar-refractivity contribution >= 4 is 43.2 Å². The summed E-state index contributed by atoms with van der Waals surface area (Å²) in [5.74, 6) is 0. The summed E-state index contributed by atoms with van der Waals surface area (Å²) in [6, 6.07) is 18.3. The molecule has 1 N–H and O–H groups in total. The first-order valence-corrected chi connectivity index (χ1v) is 14.5. The summed E-state index contributed by atoms with van der Waals surface area (Å²) in [7, 11) is -3.78. The number of rotatable bonds is 7. The zero-order valence-corrected chi connectivity index (χ0v) is 21.8. The summed E-state index contributed by atoms with van der Waals surface area (Å²) in [5.41, 5.74) is 5.23. The second-order valence-electron chi connectivity index (χ2n) is 8.99.